The van der Waals surface area contributed by atoms with Gasteiger partial charge in [-0.05, 0) is 25.2 Å². The summed E-state index contributed by atoms with van der Waals surface area (Å²) in [5, 5.41) is 10.2. The second-order valence-electron chi connectivity index (χ2n) is 3.02. The minimum absolute atomic E-state index is 0.294. The van der Waals surface area contributed by atoms with Crippen molar-refractivity contribution in [3.63, 3.8) is 0 Å². The van der Waals surface area contributed by atoms with E-state index in [0.717, 1.165) is 13.1 Å². The molecule has 1 atom stereocenters. The molecule has 0 amide bonds. The van der Waals surface area contributed by atoms with Gasteiger partial charge in [0.25, 0.3) is 0 Å². The van der Waals surface area contributed by atoms with E-state index in [4.69, 9.17) is 0 Å². The normalized spacial score (nSPS) is 14.0. The molecule has 0 bridgehead atoms. The SMILES string of the molecule is CCNC(NCC)NC([SiH3])CC. The first kappa shape index (κ1) is 12.1. The standard InChI is InChI=1S/C8H23N3Si/c1-4-7(12)11-8(9-5-2)10-6-3/h7-11H,4-6H2,1-3,12H3. The summed E-state index contributed by atoms with van der Waals surface area (Å²) in [5.74, 6) is 0. The summed E-state index contributed by atoms with van der Waals surface area (Å²) >= 11 is 0. The van der Waals surface area contributed by atoms with E-state index in [1.807, 2.05) is 0 Å². The molecule has 0 aromatic carbocycles. The molecule has 0 aliphatic heterocycles. The second kappa shape index (κ2) is 7.73. The molecule has 0 fully saturated rings. The van der Waals surface area contributed by atoms with Gasteiger partial charge in [0, 0.05) is 10.2 Å². The summed E-state index contributed by atoms with van der Waals surface area (Å²) in [7, 11) is 1.21. The van der Waals surface area contributed by atoms with Gasteiger partial charge in [0.1, 0.15) is 6.29 Å². The molecule has 0 spiro atoms. The zero-order valence-electron chi connectivity index (χ0n) is 8.78. The summed E-state index contributed by atoms with van der Waals surface area (Å²) in [6.45, 7) is 8.48. The van der Waals surface area contributed by atoms with Gasteiger partial charge in [0.15, 0.2) is 0 Å². The summed E-state index contributed by atoms with van der Waals surface area (Å²) in [6, 6.07) is 0. The first-order valence-electron chi connectivity index (χ1n) is 4.97. The van der Waals surface area contributed by atoms with Crippen LogP contribution in [0.15, 0.2) is 0 Å². The first-order chi connectivity index (χ1) is 5.74. The van der Waals surface area contributed by atoms with Gasteiger partial charge < -0.3 is 0 Å². The smallest absolute Gasteiger partial charge is 0.111 e. The van der Waals surface area contributed by atoms with Crippen LogP contribution in [0.3, 0.4) is 0 Å². The Morgan fingerprint density at radius 1 is 1.08 bits per heavy atom. The molecule has 0 aromatic rings. The van der Waals surface area contributed by atoms with Gasteiger partial charge in [-0.25, -0.2) is 0 Å². The van der Waals surface area contributed by atoms with E-state index in [1.165, 1.54) is 16.7 Å². The van der Waals surface area contributed by atoms with Crippen molar-refractivity contribution >= 4 is 10.2 Å². The van der Waals surface area contributed by atoms with Gasteiger partial charge in [0.2, 0.25) is 0 Å². The van der Waals surface area contributed by atoms with Crippen LogP contribution >= 0.6 is 0 Å². The molecule has 0 rings (SSSR count). The quantitative estimate of drug-likeness (QED) is 0.362. The Kier molecular flexibility index (Phi) is 7.79. The molecule has 4 heteroatoms. The monoisotopic (exact) mass is 189 g/mol. The predicted octanol–water partition coefficient (Wildman–Crippen LogP) is -0.820. The molecule has 12 heavy (non-hydrogen) atoms. The van der Waals surface area contributed by atoms with E-state index in [9.17, 15) is 0 Å². The summed E-state index contributed by atoms with van der Waals surface area (Å²) in [4.78, 5) is 0. The number of hydrogen-bond acceptors (Lipinski definition) is 3. The van der Waals surface area contributed by atoms with Crippen molar-refractivity contribution in [3.05, 3.63) is 0 Å². The van der Waals surface area contributed by atoms with Gasteiger partial charge in [-0.3, -0.25) is 16.0 Å². The summed E-state index contributed by atoms with van der Waals surface area (Å²) in [6.07, 6.45) is 1.52. The molecule has 0 heterocycles. The average Bonchev–Trinajstić information content (AvgIpc) is 2.05. The minimum atomic E-state index is 0.294. The molecule has 3 N–H and O–H groups in total. The van der Waals surface area contributed by atoms with Crippen molar-refractivity contribution in [1.29, 1.82) is 0 Å². The fraction of sp³-hybridized carbons (Fsp3) is 1.00. The molecule has 0 aromatic heterocycles. The van der Waals surface area contributed by atoms with Gasteiger partial charge in [-0.15, -0.1) is 0 Å². The molecule has 0 aliphatic rings. The van der Waals surface area contributed by atoms with Gasteiger partial charge in [-0.2, -0.15) is 0 Å². The predicted molar refractivity (Wildman–Crippen MR) is 58.3 cm³/mol. The van der Waals surface area contributed by atoms with Crippen LogP contribution < -0.4 is 16.0 Å². The zero-order chi connectivity index (χ0) is 9.40. The van der Waals surface area contributed by atoms with Crippen molar-refractivity contribution in [2.75, 3.05) is 13.1 Å². The highest BCUT2D eigenvalue weighted by Gasteiger charge is 2.06. The van der Waals surface area contributed by atoms with Crippen LogP contribution in [0.5, 0.6) is 0 Å². The lowest BCUT2D eigenvalue weighted by molar-refractivity contribution is 0.356. The Morgan fingerprint density at radius 2 is 1.58 bits per heavy atom. The third kappa shape index (κ3) is 5.71. The van der Waals surface area contributed by atoms with Crippen molar-refractivity contribution in [3.8, 4) is 0 Å². The number of hydrogen-bond donors (Lipinski definition) is 3. The topological polar surface area (TPSA) is 36.1 Å². The second-order valence-corrected chi connectivity index (χ2v) is 4.42. The highest BCUT2D eigenvalue weighted by Crippen LogP contribution is 1.84. The maximum atomic E-state index is 3.51. The van der Waals surface area contributed by atoms with E-state index >= 15 is 0 Å². The van der Waals surface area contributed by atoms with Crippen LogP contribution in [0.1, 0.15) is 27.2 Å². The van der Waals surface area contributed by atoms with E-state index < -0.39 is 0 Å². The van der Waals surface area contributed by atoms with E-state index in [-0.39, 0.29) is 0 Å². The maximum Gasteiger partial charge on any atom is 0.111 e. The third-order valence-corrected chi connectivity index (χ3v) is 3.03. The average molecular weight is 189 g/mol. The fourth-order valence-electron chi connectivity index (χ4n) is 1.00. The van der Waals surface area contributed by atoms with E-state index in [1.54, 1.807) is 0 Å². The molecule has 74 valence electrons. The van der Waals surface area contributed by atoms with E-state index in [2.05, 4.69) is 36.7 Å². The Morgan fingerprint density at radius 3 is 1.92 bits per heavy atom. The first-order valence-corrected chi connectivity index (χ1v) is 6.12. The number of rotatable bonds is 7. The van der Waals surface area contributed by atoms with Crippen molar-refractivity contribution < 1.29 is 0 Å². The molecule has 0 saturated heterocycles. The lowest BCUT2D eigenvalue weighted by atomic mass is 10.4. The molecular formula is C8H23N3Si. The van der Waals surface area contributed by atoms with Crippen molar-refractivity contribution in [1.82, 2.24) is 16.0 Å². The summed E-state index contributed by atoms with van der Waals surface area (Å²) < 4.78 is 0. The molecule has 0 radical (unpaired) electrons. The van der Waals surface area contributed by atoms with Crippen LogP contribution in [-0.4, -0.2) is 35.3 Å². The Bertz CT molecular complexity index is 94.3. The van der Waals surface area contributed by atoms with Crippen molar-refractivity contribution in [2.24, 2.45) is 0 Å². The largest absolute Gasteiger partial charge is 0.290 e. The molecule has 3 nitrogen and oxygen atoms in total. The highest BCUT2D eigenvalue weighted by molar-refractivity contribution is 6.11. The van der Waals surface area contributed by atoms with Gasteiger partial charge in [0.05, 0.1) is 0 Å². The molecule has 0 saturated carbocycles. The lowest BCUT2D eigenvalue weighted by Crippen LogP contribution is -2.55. The number of nitrogens with one attached hydrogen (secondary N) is 3. The minimum Gasteiger partial charge on any atom is -0.290 e. The van der Waals surface area contributed by atoms with E-state index in [0.29, 0.717) is 12.0 Å². The fourth-order valence-corrected chi connectivity index (χ4v) is 1.33. The third-order valence-electron chi connectivity index (χ3n) is 1.88. The highest BCUT2D eigenvalue weighted by atomic mass is 28.1. The lowest BCUT2D eigenvalue weighted by Gasteiger charge is -2.23. The summed E-state index contributed by atoms with van der Waals surface area (Å²) in [5.41, 5.74) is 0.702. The van der Waals surface area contributed by atoms with Gasteiger partial charge in [-0.1, -0.05) is 20.8 Å². The molecular weight excluding hydrogens is 166 g/mol. The van der Waals surface area contributed by atoms with Crippen LogP contribution in [0.2, 0.25) is 0 Å². The molecule has 0 aliphatic carbocycles. The maximum absolute atomic E-state index is 3.51. The van der Waals surface area contributed by atoms with Crippen molar-refractivity contribution in [2.45, 2.75) is 39.1 Å². The Labute approximate surface area is 79.1 Å². The Balaban J connectivity index is 3.61. The zero-order valence-corrected chi connectivity index (χ0v) is 10.8. The van der Waals surface area contributed by atoms with Crippen LogP contribution in [0, 0.1) is 0 Å². The van der Waals surface area contributed by atoms with Crippen LogP contribution in [0.25, 0.3) is 0 Å². The van der Waals surface area contributed by atoms with Crippen LogP contribution in [0.4, 0.5) is 0 Å². The van der Waals surface area contributed by atoms with Crippen LogP contribution in [-0.2, 0) is 0 Å². The Hall–Kier alpha value is 0.0969. The van der Waals surface area contributed by atoms with Gasteiger partial charge >= 0.3 is 0 Å². The molecule has 1 unspecified atom stereocenters.